The summed E-state index contributed by atoms with van der Waals surface area (Å²) in [5.41, 5.74) is 3.30. The van der Waals surface area contributed by atoms with Gasteiger partial charge >= 0.3 is 0 Å². The van der Waals surface area contributed by atoms with E-state index >= 15 is 0 Å². The number of benzene rings is 2. The van der Waals surface area contributed by atoms with Crippen molar-refractivity contribution < 1.29 is 13.7 Å². The topological polar surface area (TPSA) is 47.6 Å². The molecule has 0 amide bonds. The molecule has 2 aromatic rings. The number of aryl methyl sites for hydroxylation is 1. The third-order valence-corrected chi connectivity index (χ3v) is 5.06. The zero-order valence-corrected chi connectivity index (χ0v) is 14.9. The number of anilines is 1. The molecule has 4 nitrogen and oxygen atoms in total. The van der Waals surface area contributed by atoms with Gasteiger partial charge in [-0.2, -0.15) is 0 Å². The Morgan fingerprint density at radius 2 is 2.04 bits per heavy atom. The summed E-state index contributed by atoms with van der Waals surface area (Å²) in [6.07, 6.45) is 2.79. The summed E-state index contributed by atoms with van der Waals surface area (Å²) in [5.74, 6) is 0.909. The molecule has 1 aliphatic heterocycles. The highest BCUT2D eigenvalue weighted by Gasteiger charge is 2.18. The predicted octanol–water partition coefficient (Wildman–Crippen LogP) is 3.51. The SMILES string of the molecule is Cc1ccc(NCc2ccc([S@](C)=O)cc2)cc1O[C@H]1CCOC1. The van der Waals surface area contributed by atoms with Gasteiger partial charge in [-0.1, -0.05) is 18.2 Å². The summed E-state index contributed by atoms with van der Waals surface area (Å²) in [6.45, 7) is 4.21. The van der Waals surface area contributed by atoms with E-state index < -0.39 is 10.8 Å². The molecule has 0 radical (unpaired) electrons. The Hall–Kier alpha value is -1.85. The number of nitrogens with one attached hydrogen (secondary N) is 1. The molecule has 1 N–H and O–H groups in total. The molecule has 1 aliphatic rings. The molecule has 0 bridgehead atoms. The molecule has 2 atom stereocenters. The van der Waals surface area contributed by atoms with Crippen LogP contribution >= 0.6 is 0 Å². The van der Waals surface area contributed by atoms with E-state index in [1.807, 2.05) is 30.3 Å². The van der Waals surface area contributed by atoms with Crippen molar-refractivity contribution in [2.24, 2.45) is 0 Å². The molecule has 0 unspecified atom stereocenters. The molecular weight excluding hydrogens is 322 g/mol. The fourth-order valence-corrected chi connectivity index (χ4v) is 3.14. The van der Waals surface area contributed by atoms with Gasteiger partial charge in [0.25, 0.3) is 0 Å². The standard InChI is InChI=1S/C19H23NO3S/c1-14-3-6-16(11-19(14)23-17-9-10-22-13-17)20-12-15-4-7-18(8-5-15)24(2)21/h3-8,11,17,20H,9-10,12-13H2,1-2H3/t17-,24-/m0/s1. The highest BCUT2D eigenvalue weighted by molar-refractivity contribution is 7.84. The van der Waals surface area contributed by atoms with Crippen molar-refractivity contribution in [3.05, 3.63) is 53.6 Å². The van der Waals surface area contributed by atoms with Crippen molar-refractivity contribution in [3.63, 3.8) is 0 Å². The zero-order chi connectivity index (χ0) is 16.9. The van der Waals surface area contributed by atoms with Gasteiger partial charge in [0.05, 0.1) is 13.2 Å². The van der Waals surface area contributed by atoms with Gasteiger partial charge in [0.15, 0.2) is 0 Å². The Morgan fingerprint density at radius 1 is 1.25 bits per heavy atom. The van der Waals surface area contributed by atoms with E-state index in [1.54, 1.807) is 6.26 Å². The average molecular weight is 345 g/mol. The third kappa shape index (κ3) is 4.36. The van der Waals surface area contributed by atoms with Gasteiger partial charge in [0, 0.05) is 46.7 Å². The van der Waals surface area contributed by atoms with Gasteiger partial charge in [-0.25, -0.2) is 0 Å². The van der Waals surface area contributed by atoms with E-state index in [0.29, 0.717) is 13.2 Å². The lowest BCUT2D eigenvalue weighted by molar-refractivity contribution is 0.141. The van der Waals surface area contributed by atoms with Crippen molar-refractivity contribution in [2.75, 3.05) is 24.8 Å². The minimum Gasteiger partial charge on any atom is -0.488 e. The van der Waals surface area contributed by atoms with Gasteiger partial charge in [-0.15, -0.1) is 0 Å². The van der Waals surface area contributed by atoms with Crippen LogP contribution in [0.15, 0.2) is 47.4 Å². The van der Waals surface area contributed by atoms with Crippen molar-refractivity contribution in [1.82, 2.24) is 0 Å². The first-order chi connectivity index (χ1) is 11.6. The van der Waals surface area contributed by atoms with E-state index in [-0.39, 0.29) is 6.10 Å². The predicted molar refractivity (Wildman–Crippen MR) is 97.1 cm³/mol. The monoisotopic (exact) mass is 345 g/mol. The van der Waals surface area contributed by atoms with Crippen LogP contribution in [0.5, 0.6) is 5.75 Å². The lowest BCUT2D eigenvalue weighted by Gasteiger charge is -2.16. The second kappa shape index (κ2) is 7.81. The van der Waals surface area contributed by atoms with Crippen molar-refractivity contribution >= 4 is 16.5 Å². The Bertz CT molecular complexity index is 709. The molecule has 0 spiro atoms. The second-order valence-corrected chi connectivity index (χ2v) is 7.42. The minimum atomic E-state index is -0.933. The fourth-order valence-electron chi connectivity index (χ4n) is 2.63. The molecule has 3 rings (SSSR count). The third-order valence-electron chi connectivity index (χ3n) is 4.12. The average Bonchev–Trinajstić information content (AvgIpc) is 3.09. The summed E-state index contributed by atoms with van der Waals surface area (Å²) >= 11 is 0. The van der Waals surface area contributed by atoms with Gasteiger partial charge in [-0.05, 0) is 36.2 Å². The summed E-state index contributed by atoms with van der Waals surface area (Å²) in [4.78, 5) is 0.851. The van der Waals surface area contributed by atoms with Crippen LogP contribution in [0.1, 0.15) is 17.5 Å². The molecule has 1 heterocycles. The van der Waals surface area contributed by atoms with Crippen molar-refractivity contribution in [1.29, 1.82) is 0 Å². The second-order valence-electron chi connectivity index (χ2n) is 6.04. The van der Waals surface area contributed by atoms with Crippen LogP contribution in [0.4, 0.5) is 5.69 Å². The molecule has 2 aromatic carbocycles. The first kappa shape index (κ1) is 17.0. The van der Waals surface area contributed by atoms with E-state index in [9.17, 15) is 4.21 Å². The van der Waals surface area contributed by atoms with Gasteiger partial charge in [-0.3, -0.25) is 4.21 Å². The van der Waals surface area contributed by atoms with Crippen molar-refractivity contribution in [2.45, 2.75) is 30.9 Å². The maximum Gasteiger partial charge on any atom is 0.124 e. The molecule has 0 aliphatic carbocycles. The fraction of sp³-hybridized carbons (Fsp3) is 0.368. The normalized spacial score (nSPS) is 18.3. The maximum absolute atomic E-state index is 11.4. The maximum atomic E-state index is 11.4. The summed E-state index contributed by atoms with van der Waals surface area (Å²) in [6, 6.07) is 14.0. The number of rotatable bonds is 6. The van der Waals surface area contributed by atoms with E-state index in [1.165, 1.54) is 0 Å². The lowest BCUT2D eigenvalue weighted by Crippen LogP contribution is -2.16. The van der Waals surface area contributed by atoms with Crippen LogP contribution in [0.2, 0.25) is 0 Å². The summed E-state index contributed by atoms with van der Waals surface area (Å²) < 4.78 is 22.8. The molecule has 5 heteroatoms. The van der Waals surface area contributed by atoms with Gasteiger partial charge < -0.3 is 14.8 Å². The Kier molecular flexibility index (Phi) is 5.53. The number of hydrogen-bond acceptors (Lipinski definition) is 4. The summed E-state index contributed by atoms with van der Waals surface area (Å²) in [5, 5.41) is 3.42. The molecular formula is C19H23NO3S. The number of ether oxygens (including phenoxy) is 2. The minimum absolute atomic E-state index is 0.154. The van der Waals surface area contributed by atoms with Crippen LogP contribution in [-0.2, 0) is 22.1 Å². The first-order valence-corrected chi connectivity index (χ1v) is 9.69. The van der Waals surface area contributed by atoms with Crippen LogP contribution in [0, 0.1) is 6.92 Å². The first-order valence-electron chi connectivity index (χ1n) is 8.13. The Balaban J connectivity index is 1.63. The quantitative estimate of drug-likeness (QED) is 0.870. The highest BCUT2D eigenvalue weighted by atomic mass is 32.2. The van der Waals surface area contributed by atoms with Crippen LogP contribution in [0.3, 0.4) is 0 Å². The van der Waals surface area contributed by atoms with Gasteiger partial charge in [0.1, 0.15) is 11.9 Å². The van der Waals surface area contributed by atoms with Crippen LogP contribution < -0.4 is 10.1 Å². The van der Waals surface area contributed by atoms with E-state index in [0.717, 1.165) is 40.5 Å². The lowest BCUT2D eigenvalue weighted by atomic mass is 10.2. The summed E-state index contributed by atoms with van der Waals surface area (Å²) in [7, 11) is -0.933. The van der Waals surface area contributed by atoms with E-state index in [4.69, 9.17) is 9.47 Å². The van der Waals surface area contributed by atoms with Crippen LogP contribution in [0.25, 0.3) is 0 Å². The highest BCUT2D eigenvalue weighted by Crippen LogP contribution is 2.25. The molecule has 128 valence electrons. The van der Waals surface area contributed by atoms with Crippen molar-refractivity contribution in [3.8, 4) is 5.75 Å². The van der Waals surface area contributed by atoms with Gasteiger partial charge in [0.2, 0.25) is 0 Å². The molecule has 1 saturated heterocycles. The Morgan fingerprint density at radius 3 is 2.71 bits per heavy atom. The molecule has 0 aromatic heterocycles. The van der Waals surface area contributed by atoms with E-state index in [2.05, 4.69) is 24.4 Å². The zero-order valence-electron chi connectivity index (χ0n) is 14.1. The Labute approximate surface area is 145 Å². The number of hydrogen-bond donors (Lipinski definition) is 1. The molecule has 1 fully saturated rings. The molecule has 0 saturated carbocycles. The largest absolute Gasteiger partial charge is 0.488 e. The van der Waals surface area contributed by atoms with Crippen LogP contribution in [-0.4, -0.2) is 29.8 Å². The molecule has 24 heavy (non-hydrogen) atoms. The smallest absolute Gasteiger partial charge is 0.124 e.